The monoisotopic (exact) mass is 256 g/mol. The summed E-state index contributed by atoms with van der Waals surface area (Å²) in [4.78, 5) is 0. The minimum Gasteiger partial charge on any atom is -0.349 e. The molecule has 0 N–H and O–H groups in total. The van der Waals surface area contributed by atoms with Crippen LogP contribution >= 0.6 is 9.47 Å². The summed E-state index contributed by atoms with van der Waals surface area (Å²) in [5.41, 5.74) is 0. The number of hydrogen-bond donors (Lipinski definition) is 0. The molecule has 1 rings (SSSR count). The van der Waals surface area contributed by atoms with E-state index in [0.29, 0.717) is 6.61 Å². The molecule has 90 valence electrons. The predicted octanol–water partition coefficient (Wildman–Crippen LogP) is 0.766. The molecule has 0 radical (unpaired) electrons. The van der Waals surface area contributed by atoms with E-state index < -0.39 is 22.5 Å². The second kappa shape index (κ2) is 5.06. The molecule has 15 heavy (non-hydrogen) atoms. The summed E-state index contributed by atoms with van der Waals surface area (Å²) in [6.45, 7) is 4.46. The van der Waals surface area contributed by atoms with Gasteiger partial charge >= 0.3 is 0 Å². The fraction of sp³-hybridized carbons (Fsp3) is 1.00. The Morgan fingerprint density at radius 1 is 1.40 bits per heavy atom. The normalized spacial score (nSPS) is 37.9. The van der Waals surface area contributed by atoms with Gasteiger partial charge in [0.05, 0.1) is 12.9 Å². The lowest BCUT2D eigenvalue weighted by Gasteiger charge is -2.37. The maximum absolute atomic E-state index is 11.1. The molecule has 0 aliphatic carbocycles. The first-order valence-corrected chi connectivity index (χ1v) is 6.99. The van der Waals surface area contributed by atoms with Gasteiger partial charge in [-0.1, -0.05) is 13.8 Å². The summed E-state index contributed by atoms with van der Waals surface area (Å²) in [6, 6.07) is 0. The highest BCUT2D eigenvalue weighted by atomic mass is 32.2. The zero-order valence-corrected chi connectivity index (χ0v) is 11.0. The van der Waals surface area contributed by atoms with Crippen molar-refractivity contribution in [2.45, 2.75) is 26.2 Å². The van der Waals surface area contributed by atoms with Crippen molar-refractivity contribution in [3.05, 3.63) is 0 Å². The van der Waals surface area contributed by atoms with Gasteiger partial charge in [0.2, 0.25) is 0 Å². The Bertz CT molecular complexity index is 302. The van der Waals surface area contributed by atoms with E-state index in [1.807, 2.05) is 13.8 Å². The Balaban J connectivity index is 2.78. The van der Waals surface area contributed by atoms with Crippen molar-refractivity contribution in [1.29, 1.82) is 0 Å². The molecule has 0 amide bonds. The van der Waals surface area contributed by atoms with Crippen molar-refractivity contribution in [2.75, 3.05) is 12.9 Å². The van der Waals surface area contributed by atoms with Crippen molar-refractivity contribution in [2.24, 2.45) is 11.8 Å². The topological polar surface area (TPSA) is 61.8 Å². The van der Waals surface area contributed by atoms with Crippen LogP contribution in [-0.2, 0) is 23.6 Å². The molecule has 7 heteroatoms. The lowest BCUT2D eigenvalue weighted by molar-refractivity contribution is -0.190. The van der Waals surface area contributed by atoms with Gasteiger partial charge < -0.3 is 9.26 Å². The first kappa shape index (κ1) is 13.3. The van der Waals surface area contributed by atoms with Crippen molar-refractivity contribution >= 4 is 19.6 Å². The number of rotatable bonds is 3. The van der Waals surface area contributed by atoms with Gasteiger partial charge in [0, 0.05) is 9.47 Å². The fourth-order valence-electron chi connectivity index (χ4n) is 1.52. The number of ether oxygens (including phenoxy) is 1. The molecule has 0 aromatic heterocycles. The summed E-state index contributed by atoms with van der Waals surface area (Å²) in [5, 5.41) is 0. The van der Waals surface area contributed by atoms with Crippen molar-refractivity contribution in [3.8, 4) is 0 Å². The van der Waals surface area contributed by atoms with Gasteiger partial charge in [-0.3, -0.25) is 4.18 Å². The summed E-state index contributed by atoms with van der Waals surface area (Å²) >= 11 is 0. The van der Waals surface area contributed by atoms with Gasteiger partial charge in [-0.15, -0.1) is 0 Å². The molecule has 0 saturated carbocycles. The van der Waals surface area contributed by atoms with E-state index in [-0.39, 0.29) is 11.8 Å². The minimum absolute atomic E-state index is 0.0685. The van der Waals surface area contributed by atoms with E-state index in [4.69, 9.17) is 13.4 Å². The second-order valence-electron chi connectivity index (χ2n) is 3.94. The first-order chi connectivity index (χ1) is 6.85. The Morgan fingerprint density at radius 2 is 2.00 bits per heavy atom. The molecule has 0 bridgehead atoms. The molecule has 2 unspecified atom stereocenters. The zero-order chi connectivity index (χ0) is 11.6. The van der Waals surface area contributed by atoms with Gasteiger partial charge in [-0.05, 0) is 11.8 Å². The smallest absolute Gasteiger partial charge is 0.264 e. The molecular formula is C8H17O5PS. The molecular weight excluding hydrogens is 239 g/mol. The van der Waals surface area contributed by atoms with E-state index >= 15 is 0 Å². The van der Waals surface area contributed by atoms with E-state index in [2.05, 4.69) is 9.47 Å². The van der Waals surface area contributed by atoms with Crippen LogP contribution < -0.4 is 0 Å². The van der Waals surface area contributed by atoms with Crippen molar-refractivity contribution in [3.63, 3.8) is 0 Å². The van der Waals surface area contributed by atoms with Crippen LogP contribution in [-0.4, -0.2) is 33.7 Å². The standard InChI is InChI=1S/C8H17O5PS/c1-5-4-11-8(12-14)7(6(5)2)13-15(3,9)10/h5-8H,4,14H2,1-3H3/t5-,6-,7+,8?/m0/s1. The van der Waals surface area contributed by atoms with Gasteiger partial charge in [0.25, 0.3) is 10.1 Å². The molecule has 1 saturated heterocycles. The van der Waals surface area contributed by atoms with Gasteiger partial charge in [0.15, 0.2) is 6.29 Å². The molecule has 0 aromatic rings. The zero-order valence-electron chi connectivity index (χ0n) is 9.04. The molecule has 0 spiro atoms. The average Bonchev–Trinajstić information content (AvgIpc) is 2.11. The van der Waals surface area contributed by atoms with E-state index in [1.54, 1.807) is 0 Å². The maximum Gasteiger partial charge on any atom is 0.264 e. The minimum atomic E-state index is -3.49. The van der Waals surface area contributed by atoms with E-state index in [9.17, 15) is 8.42 Å². The lowest BCUT2D eigenvalue weighted by Crippen LogP contribution is -2.46. The third-order valence-electron chi connectivity index (χ3n) is 2.63. The van der Waals surface area contributed by atoms with E-state index in [0.717, 1.165) is 6.26 Å². The van der Waals surface area contributed by atoms with Crippen LogP contribution in [0.5, 0.6) is 0 Å². The predicted molar refractivity (Wildman–Crippen MR) is 58.6 cm³/mol. The Morgan fingerprint density at radius 3 is 2.47 bits per heavy atom. The summed E-state index contributed by atoms with van der Waals surface area (Å²) in [6.07, 6.45) is -0.198. The van der Waals surface area contributed by atoms with E-state index in [1.165, 1.54) is 0 Å². The highest BCUT2D eigenvalue weighted by molar-refractivity contribution is 7.86. The van der Waals surface area contributed by atoms with Crippen LogP contribution in [0.15, 0.2) is 0 Å². The SMILES string of the molecule is C[C@H]1[C@@H](C)COC(OP)[C@@H]1OS(C)(=O)=O. The lowest BCUT2D eigenvalue weighted by atomic mass is 9.89. The first-order valence-electron chi connectivity index (χ1n) is 4.70. The third kappa shape index (κ3) is 3.64. The van der Waals surface area contributed by atoms with Crippen LogP contribution in [0.25, 0.3) is 0 Å². The largest absolute Gasteiger partial charge is 0.349 e. The Hall–Kier alpha value is 0.260. The van der Waals surface area contributed by atoms with Crippen LogP contribution in [0.2, 0.25) is 0 Å². The molecule has 1 aliphatic rings. The quantitative estimate of drug-likeness (QED) is 0.551. The molecule has 1 fully saturated rings. The molecule has 5 atom stereocenters. The Kier molecular flexibility index (Phi) is 4.50. The van der Waals surface area contributed by atoms with Crippen LogP contribution in [0, 0.1) is 11.8 Å². The summed E-state index contributed by atoms with van der Waals surface area (Å²) in [7, 11) is -1.42. The highest BCUT2D eigenvalue weighted by Crippen LogP contribution is 2.30. The highest BCUT2D eigenvalue weighted by Gasteiger charge is 2.39. The molecule has 1 heterocycles. The van der Waals surface area contributed by atoms with Gasteiger partial charge in [-0.2, -0.15) is 8.42 Å². The van der Waals surface area contributed by atoms with Crippen LogP contribution in [0.3, 0.4) is 0 Å². The Labute approximate surface area is 92.9 Å². The average molecular weight is 256 g/mol. The van der Waals surface area contributed by atoms with Crippen LogP contribution in [0.4, 0.5) is 0 Å². The molecule has 1 aliphatic heterocycles. The third-order valence-corrected chi connectivity index (χ3v) is 3.47. The maximum atomic E-state index is 11.1. The molecule has 0 aromatic carbocycles. The van der Waals surface area contributed by atoms with Crippen molar-refractivity contribution in [1.82, 2.24) is 0 Å². The number of hydrogen-bond acceptors (Lipinski definition) is 5. The second-order valence-corrected chi connectivity index (χ2v) is 5.81. The summed E-state index contributed by atoms with van der Waals surface area (Å²) < 4.78 is 37.4. The van der Waals surface area contributed by atoms with Gasteiger partial charge in [-0.25, -0.2) is 0 Å². The van der Waals surface area contributed by atoms with Gasteiger partial charge in [0.1, 0.15) is 6.10 Å². The fourth-order valence-corrected chi connectivity index (χ4v) is 2.42. The molecule has 5 nitrogen and oxygen atoms in total. The van der Waals surface area contributed by atoms with Crippen LogP contribution in [0.1, 0.15) is 13.8 Å². The summed E-state index contributed by atoms with van der Waals surface area (Å²) in [5.74, 6) is 0.312. The van der Waals surface area contributed by atoms with Crippen molar-refractivity contribution < 1.29 is 21.9 Å².